The van der Waals surface area contributed by atoms with Crippen molar-refractivity contribution in [3.05, 3.63) is 107 Å². The SMILES string of the molecule is Cc1ccc(Oc2cccc(N3C(=O)c4ccc(Oc5ccc(N)cc5)cc4C3=O)c2)cc1C. The Kier molecular flexibility index (Phi) is 5.26. The molecule has 0 fully saturated rings. The number of aryl methyl sites for hydroxylation is 2. The molecule has 4 aromatic carbocycles. The van der Waals surface area contributed by atoms with Gasteiger partial charge in [-0.05, 0) is 91.7 Å². The van der Waals surface area contributed by atoms with Gasteiger partial charge in [0.2, 0.25) is 0 Å². The highest BCUT2D eigenvalue weighted by Gasteiger charge is 2.37. The van der Waals surface area contributed by atoms with Crippen LogP contribution in [0.25, 0.3) is 0 Å². The van der Waals surface area contributed by atoms with E-state index in [1.165, 1.54) is 5.56 Å². The van der Waals surface area contributed by atoms with Crippen molar-refractivity contribution >= 4 is 23.2 Å². The molecule has 0 saturated carbocycles. The zero-order valence-corrected chi connectivity index (χ0v) is 18.7. The van der Waals surface area contributed by atoms with Gasteiger partial charge in [-0.3, -0.25) is 9.59 Å². The Bertz CT molecular complexity index is 1430. The quantitative estimate of drug-likeness (QED) is 0.286. The average Bonchev–Trinajstić information content (AvgIpc) is 3.07. The highest BCUT2D eigenvalue weighted by molar-refractivity contribution is 6.34. The summed E-state index contributed by atoms with van der Waals surface area (Å²) in [6.45, 7) is 4.05. The number of carbonyl (C=O) groups excluding carboxylic acids is 2. The summed E-state index contributed by atoms with van der Waals surface area (Å²) in [5, 5.41) is 0. The van der Waals surface area contributed by atoms with Crippen LogP contribution in [0, 0.1) is 13.8 Å². The second-order valence-electron chi connectivity index (χ2n) is 8.17. The van der Waals surface area contributed by atoms with E-state index in [2.05, 4.69) is 0 Å². The van der Waals surface area contributed by atoms with Gasteiger partial charge in [-0.2, -0.15) is 0 Å². The molecule has 34 heavy (non-hydrogen) atoms. The Labute approximate surface area is 197 Å². The van der Waals surface area contributed by atoms with Crippen molar-refractivity contribution < 1.29 is 19.1 Å². The zero-order valence-electron chi connectivity index (χ0n) is 18.7. The second kappa shape index (κ2) is 8.41. The molecule has 0 radical (unpaired) electrons. The predicted octanol–water partition coefficient (Wildman–Crippen LogP) is 6.27. The van der Waals surface area contributed by atoms with Crippen molar-refractivity contribution in [3.8, 4) is 23.0 Å². The molecule has 5 rings (SSSR count). The predicted molar refractivity (Wildman–Crippen MR) is 131 cm³/mol. The van der Waals surface area contributed by atoms with Gasteiger partial charge in [0.25, 0.3) is 11.8 Å². The molecule has 2 N–H and O–H groups in total. The normalized spacial score (nSPS) is 12.6. The number of nitrogens with two attached hydrogens (primary N) is 1. The third-order valence-electron chi connectivity index (χ3n) is 5.76. The molecule has 2 amide bonds. The molecule has 168 valence electrons. The van der Waals surface area contributed by atoms with Gasteiger partial charge in [0.05, 0.1) is 16.8 Å². The molecular weight excluding hydrogens is 428 g/mol. The lowest BCUT2D eigenvalue weighted by atomic mass is 10.1. The molecule has 4 aromatic rings. The Morgan fingerprint density at radius 3 is 2.00 bits per heavy atom. The molecule has 0 unspecified atom stereocenters. The van der Waals surface area contributed by atoms with Gasteiger partial charge < -0.3 is 15.2 Å². The van der Waals surface area contributed by atoms with Gasteiger partial charge in [0.15, 0.2) is 0 Å². The molecule has 6 nitrogen and oxygen atoms in total. The summed E-state index contributed by atoms with van der Waals surface area (Å²) in [6.07, 6.45) is 0. The van der Waals surface area contributed by atoms with E-state index in [-0.39, 0.29) is 5.91 Å². The zero-order chi connectivity index (χ0) is 23.8. The average molecular weight is 450 g/mol. The summed E-state index contributed by atoms with van der Waals surface area (Å²) < 4.78 is 11.8. The number of fused-ring (bicyclic) bond motifs is 1. The van der Waals surface area contributed by atoms with Crippen LogP contribution in [-0.2, 0) is 0 Å². The first kappa shape index (κ1) is 21.3. The molecule has 6 heteroatoms. The van der Waals surface area contributed by atoms with Crippen molar-refractivity contribution in [2.75, 3.05) is 10.6 Å². The maximum absolute atomic E-state index is 13.2. The molecule has 1 aliphatic heterocycles. The van der Waals surface area contributed by atoms with Gasteiger partial charge in [0, 0.05) is 11.8 Å². The van der Waals surface area contributed by atoms with Crippen LogP contribution in [0.15, 0.2) is 84.9 Å². The summed E-state index contributed by atoms with van der Waals surface area (Å²) in [5.74, 6) is 1.46. The van der Waals surface area contributed by atoms with E-state index in [1.54, 1.807) is 66.7 Å². The van der Waals surface area contributed by atoms with Gasteiger partial charge in [-0.1, -0.05) is 12.1 Å². The van der Waals surface area contributed by atoms with Crippen molar-refractivity contribution in [2.24, 2.45) is 0 Å². The van der Waals surface area contributed by atoms with Crippen molar-refractivity contribution in [3.63, 3.8) is 0 Å². The Hall–Kier alpha value is -4.58. The number of carbonyl (C=O) groups is 2. The van der Waals surface area contributed by atoms with Crippen LogP contribution < -0.4 is 20.1 Å². The molecule has 1 heterocycles. The minimum Gasteiger partial charge on any atom is -0.457 e. The fourth-order valence-electron chi connectivity index (χ4n) is 3.79. The summed E-state index contributed by atoms with van der Waals surface area (Å²) in [5.41, 5.74) is 9.69. The largest absolute Gasteiger partial charge is 0.457 e. The second-order valence-corrected chi connectivity index (χ2v) is 8.17. The van der Waals surface area contributed by atoms with E-state index in [0.29, 0.717) is 45.5 Å². The van der Waals surface area contributed by atoms with Crippen LogP contribution in [0.3, 0.4) is 0 Å². The van der Waals surface area contributed by atoms with Crippen LogP contribution in [0.4, 0.5) is 11.4 Å². The minimum absolute atomic E-state index is 0.290. The van der Waals surface area contributed by atoms with E-state index in [1.807, 2.05) is 32.0 Å². The fourth-order valence-corrected chi connectivity index (χ4v) is 3.79. The molecule has 1 aliphatic rings. The third-order valence-corrected chi connectivity index (χ3v) is 5.76. The minimum atomic E-state index is -0.411. The Morgan fingerprint density at radius 2 is 1.24 bits per heavy atom. The number of anilines is 2. The summed E-state index contributed by atoms with van der Waals surface area (Å²) in [4.78, 5) is 27.4. The summed E-state index contributed by atoms with van der Waals surface area (Å²) in [7, 11) is 0. The smallest absolute Gasteiger partial charge is 0.266 e. The number of hydrogen-bond acceptors (Lipinski definition) is 5. The Balaban J connectivity index is 1.40. The number of amides is 2. The molecule has 0 aliphatic carbocycles. The number of hydrogen-bond donors (Lipinski definition) is 1. The first-order valence-corrected chi connectivity index (χ1v) is 10.8. The summed E-state index contributed by atoms with van der Waals surface area (Å²) in [6, 6.07) is 24.6. The number of ether oxygens (including phenoxy) is 2. The molecule has 0 spiro atoms. The first-order valence-electron chi connectivity index (χ1n) is 10.8. The van der Waals surface area contributed by atoms with Crippen LogP contribution in [0.2, 0.25) is 0 Å². The maximum atomic E-state index is 13.2. The third kappa shape index (κ3) is 3.97. The highest BCUT2D eigenvalue weighted by Crippen LogP contribution is 2.34. The lowest BCUT2D eigenvalue weighted by Gasteiger charge is -2.15. The Morgan fingerprint density at radius 1 is 0.618 bits per heavy atom. The van der Waals surface area contributed by atoms with E-state index in [0.717, 1.165) is 10.5 Å². The molecule has 0 aromatic heterocycles. The van der Waals surface area contributed by atoms with E-state index in [9.17, 15) is 9.59 Å². The number of rotatable bonds is 5. The molecule has 0 atom stereocenters. The van der Waals surface area contributed by atoms with Gasteiger partial charge in [0.1, 0.15) is 23.0 Å². The van der Waals surface area contributed by atoms with Crippen molar-refractivity contribution in [1.29, 1.82) is 0 Å². The van der Waals surface area contributed by atoms with Gasteiger partial charge in [-0.25, -0.2) is 4.90 Å². The van der Waals surface area contributed by atoms with Crippen molar-refractivity contribution in [1.82, 2.24) is 0 Å². The van der Waals surface area contributed by atoms with Crippen molar-refractivity contribution in [2.45, 2.75) is 13.8 Å². The fraction of sp³-hybridized carbons (Fsp3) is 0.0714. The van der Waals surface area contributed by atoms with Gasteiger partial charge in [-0.15, -0.1) is 0 Å². The lowest BCUT2D eigenvalue weighted by molar-refractivity contribution is 0.0926. The molecular formula is C28H22N2O4. The van der Waals surface area contributed by atoms with Crippen LogP contribution in [0.5, 0.6) is 23.0 Å². The van der Waals surface area contributed by atoms with E-state index >= 15 is 0 Å². The molecule has 0 bridgehead atoms. The monoisotopic (exact) mass is 450 g/mol. The van der Waals surface area contributed by atoms with E-state index < -0.39 is 5.91 Å². The number of imide groups is 1. The van der Waals surface area contributed by atoms with E-state index in [4.69, 9.17) is 15.2 Å². The van der Waals surface area contributed by atoms with Crippen LogP contribution in [0.1, 0.15) is 31.8 Å². The van der Waals surface area contributed by atoms with Crippen LogP contribution >= 0.6 is 0 Å². The highest BCUT2D eigenvalue weighted by atomic mass is 16.5. The standard InChI is InChI=1S/C28H22N2O4/c1-17-6-9-23(14-18(17)2)34-22-5-3-4-20(15-22)30-27(31)25-13-12-24(16-26(25)28(30)32)33-21-10-7-19(29)8-11-21/h3-16H,29H2,1-2H3. The van der Waals surface area contributed by atoms with Gasteiger partial charge >= 0.3 is 0 Å². The number of nitrogens with zero attached hydrogens (tertiary/aromatic N) is 1. The number of nitrogen functional groups attached to an aromatic ring is 1. The maximum Gasteiger partial charge on any atom is 0.266 e. The molecule has 0 saturated heterocycles. The topological polar surface area (TPSA) is 81.9 Å². The number of benzene rings is 4. The summed E-state index contributed by atoms with van der Waals surface area (Å²) >= 11 is 0. The first-order chi connectivity index (χ1) is 16.4. The van der Waals surface area contributed by atoms with Crippen LogP contribution in [-0.4, -0.2) is 11.8 Å². The lowest BCUT2D eigenvalue weighted by Crippen LogP contribution is -2.29.